The van der Waals surface area contributed by atoms with Gasteiger partial charge in [-0.1, -0.05) is 30.1 Å². The first-order chi connectivity index (χ1) is 8.47. The third-order valence-corrected chi connectivity index (χ3v) is 2.89. The summed E-state index contributed by atoms with van der Waals surface area (Å²) in [5.41, 5.74) is 0.458. The Morgan fingerprint density at radius 3 is 2.39 bits per heavy atom. The molecule has 18 heavy (non-hydrogen) atoms. The van der Waals surface area contributed by atoms with Crippen molar-refractivity contribution in [2.45, 2.75) is 26.4 Å². The molecule has 0 saturated carbocycles. The van der Waals surface area contributed by atoms with Gasteiger partial charge in [0.2, 0.25) is 0 Å². The van der Waals surface area contributed by atoms with Gasteiger partial charge in [-0.3, -0.25) is 5.32 Å². The van der Waals surface area contributed by atoms with Crippen molar-refractivity contribution >= 4 is 35.0 Å². The standard InChI is InChI=1S/C12H15Cl2NO3/c1-4-7(2)18-12(16)15-8-5-9(13)11(17-3)10(14)6-8/h5-7H,4H2,1-3H3,(H,15,16). The second kappa shape index (κ2) is 6.71. The lowest BCUT2D eigenvalue weighted by atomic mass is 10.3. The van der Waals surface area contributed by atoms with Crippen LogP contribution in [0, 0.1) is 0 Å². The summed E-state index contributed by atoms with van der Waals surface area (Å²) < 4.78 is 10.1. The van der Waals surface area contributed by atoms with E-state index < -0.39 is 6.09 Å². The van der Waals surface area contributed by atoms with E-state index in [1.165, 1.54) is 7.11 Å². The summed E-state index contributed by atoms with van der Waals surface area (Å²) in [6.07, 6.45) is 0.0632. The second-order valence-electron chi connectivity index (χ2n) is 3.72. The number of amides is 1. The summed E-state index contributed by atoms with van der Waals surface area (Å²) >= 11 is 11.9. The molecule has 1 aromatic rings. The number of rotatable bonds is 4. The van der Waals surface area contributed by atoms with E-state index in [4.69, 9.17) is 32.7 Å². The largest absolute Gasteiger partial charge is 0.494 e. The lowest BCUT2D eigenvalue weighted by Gasteiger charge is -2.13. The Morgan fingerprint density at radius 2 is 1.94 bits per heavy atom. The second-order valence-corrected chi connectivity index (χ2v) is 4.54. The molecule has 1 rings (SSSR count). The van der Waals surface area contributed by atoms with E-state index in [0.29, 0.717) is 21.5 Å². The molecule has 1 amide bonds. The van der Waals surface area contributed by atoms with E-state index in [1.807, 2.05) is 13.8 Å². The number of carbonyl (C=O) groups is 1. The van der Waals surface area contributed by atoms with Crippen LogP contribution in [0.4, 0.5) is 10.5 Å². The summed E-state index contributed by atoms with van der Waals surface area (Å²) in [6, 6.07) is 3.09. The monoisotopic (exact) mass is 291 g/mol. The van der Waals surface area contributed by atoms with Gasteiger partial charge < -0.3 is 9.47 Å². The number of methoxy groups -OCH3 is 1. The van der Waals surface area contributed by atoms with Crippen LogP contribution in [0.1, 0.15) is 20.3 Å². The molecule has 0 saturated heterocycles. The van der Waals surface area contributed by atoms with Gasteiger partial charge in [0.05, 0.1) is 17.2 Å². The van der Waals surface area contributed by atoms with Crippen LogP contribution in [0.2, 0.25) is 10.0 Å². The van der Waals surface area contributed by atoms with E-state index in [-0.39, 0.29) is 6.10 Å². The fourth-order valence-corrected chi connectivity index (χ4v) is 1.88. The number of benzene rings is 1. The van der Waals surface area contributed by atoms with Crippen molar-refractivity contribution in [3.63, 3.8) is 0 Å². The number of anilines is 1. The number of hydrogen-bond acceptors (Lipinski definition) is 3. The molecule has 1 aromatic carbocycles. The predicted octanol–water partition coefficient (Wildman–Crippen LogP) is 4.35. The van der Waals surface area contributed by atoms with Crippen molar-refractivity contribution in [1.29, 1.82) is 0 Å². The highest BCUT2D eigenvalue weighted by atomic mass is 35.5. The third kappa shape index (κ3) is 3.96. The van der Waals surface area contributed by atoms with E-state index in [1.54, 1.807) is 12.1 Å². The van der Waals surface area contributed by atoms with Gasteiger partial charge in [0.15, 0.2) is 5.75 Å². The number of hydrogen-bond donors (Lipinski definition) is 1. The minimum Gasteiger partial charge on any atom is -0.494 e. The minimum atomic E-state index is -0.540. The number of carbonyl (C=O) groups excluding carboxylic acids is 1. The number of halogens is 2. The molecule has 0 radical (unpaired) electrons. The molecule has 0 bridgehead atoms. The fourth-order valence-electron chi connectivity index (χ4n) is 1.24. The molecule has 0 fully saturated rings. The molecular weight excluding hydrogens is 277 g/mol. The molecule has 0 aliphatic rings. The zero-order valence-electron chi connectivity index (χ0n) is 10.4. The van der Waals surface area contributed by atoms with Gasteiger partial charge in [0.25, 0.3) is 0 Å². The van der Waals surface area contributed by atoms with Gasteiger partial charge in [0.1, 0.15) is 6.10 Å². The maximum atomic E-state index is 11.5. The van der Waals surface area contributed by atoms with Crippen LogP contribution in [-0.2, 0) is 4.74 Å². The Hall–Kier alpha value is -1.13. The zero-order chi connectivity index (χ0) is 13.7. The molecule has 0 aliphatic carbocycles. The van der Waals surface area contributed by atoms with Gasteiger partial charge >= 0.3 is 6.09 Å². The van der Waals surface area contributed by atoms with E-state index in [9.17, 15) is 4.79 Å². The Balaban J connectivity index is 2.77. The predicted molar refractivity (Wildman–Crippen MR) is 72.9 cm³/mol. The SMILES string of the molecule is CCC(C)OC(=O)Nc1cc(Cl)c(OC)c(Cl)c1. The Morgan fingerprint density at radius 1 is 1.39 bits per heavy atom. The molecule has 1 N–H and O–H groups in total. The van der Waals surface area contributed by atoms with Crippen molar-refractivity contribution in [2.24, 2.45) is 0 Å². The normalized spacial score (nSPS) is 11.8. The van der Waals surface area contributed by atoms with Crippen LogP contribution in [0.25, 0.3) is 0 Å². The highest BCUT2D eigenvalue weighted by Crippen LogP contribution is 2.35. The van der Waals surface area contributed by atoms with Crippen molar-refractivity contribution in [2.75, 3.05) is 12.4 Å². The van der Waals surface area contributed by atoms with E-state index in [0.717, 1.165) is 6.42 Å². The van der Waals surface area contributed by atoms with Crippen molar-refractivity contribution in [3.8, 4) is 5.75 Å². The molecule has 1 unspecified atom stereocenters. The Labute approximate surface area is 116 Å². The first-order valence-electron chi connectivity index (χ1n) is 5.48. The van der Waals surface area contributed by atoms with Crippen LogP contribution in [-0.4, -0.2) is 19.3 Å². The van der Waals surface area contributed by atoms with Gasteiger partial charge in [-0.25, -0.2) is 4.79 Å². The Kier molecular flexibility index (Phi) is 5.56. The molecule has 6 heteroatoms. The van der Waals surface area contributed by atoms with Gasteiger partial charge in [0, 0.05) is 5.69 Å². The number of ether oxygens (including phenoxy) is 2. The van der Waals surface area contributed by atoms with Crippen LogP contribution in [0.15, 0.2) is 12.1 Å². The summed E-state index contributed by atoms with van der Waals surface area (Å²) in [6.45, 7) is 3.74. The highest BCUT2D eigenvalue weighted by molar-refractivity contribution is 6.37. The van der Waals surface area contributed by atoms with Crippen molar-refractivity contribution in [3.05, 3.63) is 22.2 Å². The lowest BCUT2D eigenvalue weighted by Crippen LogP contribution is -2.19. The van der Waals surface area contributed by atoms with Crippen LogP contribution < -0.4 is 10.1 Å². The number of nitrogens with one attached hydrogen (secondary N) is 1. The van der Waals surface area contributed by atoms with Gasteiger partial charge in [-0.15, -0.1) is 0 Å². The fraction of sp³-hybridized carbons (Fsp3) is 0.417. The molecule has 0 heterocycles. The smallest absolute Gasteiger partial charge is 0.411 e. The molecular formula is C12H15Cl2NO3. The van der Waals surface area contributed by atoms with Gasteiger partial charge in [-0.2, -0.15) is 0 Å². The first kappa shape index (κ1) is 14.9. The van der Waals surface area contributed by atoms with Gasteiger partial charge in [-0.05, 0) is 25.5 Å². The Bertz CT molecular complexity index is 414. The van der Waals surface area contributed by atoms with E-state index in [2.05, 4.69) is 5.32 Å². The topological polar surface area (TPSA) is 47.6 Å². The minimum absolute atomic E-state index is 0.144. The maximum absolute atomic E-state index is 11.5. The average molecular weight is 292 g/mol. The molecule has 1 atom stereocenters. The molecule has 0 spiro atoms. The summed E-state index contributed by atoms with van der Waals surface area (Å²) in [5, 5.41) is 3.20. The molecule has 4 nitrogen and oxygen atoms in total. The molecule has 0 aromatic heterocycles. The molecule has 100 valence electrons. The quantitative estimate of drug-likeness (QED) is 0.897. The molecule has 0 aliphatic heterocycles. The first-order valence-corrected chi connectivity index (χ1v) is 6.24. The van der Waals surface area contributed by atoms with Crippen molar-refractivity contribution in [1.82, 2.24) is 0 Å². The average Bonchev–Trinajstić information content (AvgIpc) is 2.28. The summed E-state index contributed by atoms with van der Waals surface area (Å²) in [5.74, 6) is 0.374. The third-order valence-electron chi connectivity index (χ3n) is 2.33. The van der Waals surface area contributed by atoms with Crippen molar-refractivity contribution < 1.29 is 14.3 Å². The summed E-state index contributed by atoms with van der Waals surface area (Å²) in [7, 11) is 1.47. The van der Waals surface area contributed by atoms with Crippen LogP contribution in [0.3, 0.4) is 0 Å². The highest BCUT2D eigenvalue weighted by Gasteiger charge is 2.12. The summed E-state index contributed by atoms with van der Waals surface area (Å²) in [4.78, 5) is 11.5. The maximum Gasteiger partial charge on any atom is 0.411 e. The zero-order valence-corrected chi connectivity index (χ0v) is 11.9. The lowest BCUT2D eigenvalue weighted by molar-refractivity contribution is 0.118. The van der Waals surface area contributed by atoms with Crippen LogP contribution in [0.5, 0.6) is 5.75 Å². The van der Waals surface area contributed by atoms with Crippen LogP contribution >= 0.6 is 23.2 Å². The van der Waals surface area contributed by atoms with E-state index >= 15 is 0 Å².